The van der Waals surface area contributed by atoms with Crippen LogP contribution in [0.5, 0.6) is 11.5 Å². The van der Waals surface area contributed by atoms with Crippen molar-refractivity contribution in [3.63, 3.8) is 0 Å². The third-order valence-corrected chi connectivity index (χ3v) is 3.18. The second-order valence-corrected chi connectivity index (χ2v) is 4.62. The predicted molar refractivity (Wildman–Crippen MR) is 82.8 cm³/mol. The van der Waals surface area contributed by atoms with Crippen LogP contribution >= 0.6 is 0 Å². The second-order valence-electron chi connectivity index (χ2n) is 4.62. The second kappa shape index (κ2) is 5.67. The van der Waals surface area contributed by atoms with Gasteiger partial charge in [0.2, 0.25) is 0 Å². The number of nitrogen functional groups attached to an aromatic ring is 1. The quantitative estimate of drug-likeness (QED) is 0.694. The van der Waals surface area contributed by atoms with Gasteiger partial charge in [-0.05, 0) is 23.8 Å². The molecule has 3 aromatic rings. The molecule has 3 rings (SSSR count). The summed E-state index contributed by atoms with van der Waals surface area (Å²) in [6.45, 7) is 0. The normalized spacial score (nSPS) is 10.3. The maximum absolute atomic E-state index is 14.2. The summed E-state index contributed by atoms with van der Waals surface area (Å²) in [5.41, 5.74) is 7.92. The Labute approximate surface area is 122 Å². The van der Waals surface area contributed by atoms with E-state index in [1.165, 1.54) is 6.07 Å². The summed E-state index contributed by atoms with van der Waals surface area (Å²) in [5.74, 6) is 0.209. The van der Waals surface area contributed by atoms with E-state index < -0.39 is 5.82 Å². The number of anilines is 1. The minimum Gasteiger partial charge on any atom is -0.451 e. The van der Waals surface area contributed by atoms with Crippen molar-refractivity contribution in [2.24, 2.45) is 0 Å². The van der Waals surface area contributed by atoms with Crippen LogP contribution in [0.3, 0.4) is 0 Å². The Morgan fingerprint density at radius 1 is 0.762 bits per heavy atom. The first-order valence-corrected chi connectivity index (χ1v) is 6.62. The monoisotopic (exact) mass is 279 g/mol. The van der Waals surface area contributed by atoms with Crippen molar-refractivity contribution >= 4 is 5.69 Å². The van der Waals surface area contributed by atoms with Crippen LogP contribution in [0.15, 0.2) is 72.8 Å². The van der Waals surface area contributed by atoms with Crippen molar-refractivity contribution in [2.45, 2.75) is 0 Å². The zero-order valence-electron chi connectivity index (χ0n) is 11.3. The van der Waals surface area contributed by atoms with Gasteiger partial charge in [-0.3, -0.25) is 0 Å². The lowest BCUT2D eigenvalue weighted by molar-refractivity contribution is 0.446. The SMILES string of the molecule is Nc1ccccc1Oc1c(F)cccc1-c1ccccc1. The van der Waals surface area contributed by atoms with Crippen molar-refractivity contribution in [1.82, 2.24) is 0 Å². The summed E-state index contributed by atoms with van der Waals surface area (Å²) in [6, 6.07) is 21.5. The first-order chi connectivity index (χ1) is 10.3. The molecule has 0 radical (unpaired) electrons. The average Bonchev–Trinajstić information content (AvgIpc) is 2.52. The Hall–Kier alpha value is -2.81. The van der Waals surface area contributed by atoms with E-state index in [-0.39, 0.29) is 5.75 Å². The minimum absolute atomic E-state index is 0.182. The topological polar surface area (TPSA) is 35.2 Å². The van der Waals surface area contributed by atoms with E-state index in [1.807, 2.05) is 42.5 Å². The maximum Gasteiger partial charge on any atom is 0.170 e. The third kappa shape index (κ3) is 2.72. The van der Waals surface area contributed by atoms with E-state index in [9.17, 15) is 4.39 Å². The molecule has 2 nitrogen and oxygen atoms in total. The van der Waals surface area contributed by atoms with Gasteiger partial charge in [-0.25, -0.2) is 4.39 Å². The predicted octanol–water partition coefficient (Wildman–Crippen LogP) is 4.87. The minimum atomic E-state index is -0.417. The Morgan fingerprint density at radius 2 is 1.48 bits per heavy atom. The molecule has 3 heteroatoms. The molecule has 0 saturated heterocycles. The molecule has 0 aliphatic carbocycles. The molecule has 0 fully saturated rings. The van der Waals surface area contributed by atoms with Gasteiger partial charge in [0, 0.05) is 5.56 Å². The van der Waals surface area contributed by atoms with Crippen molar-refractivity contribution in [2.75, 3.05) is 5.73 Å². The fraction of sp³-hybridized carbons (Fsp3) is 0. The molecule has 0 aromatic heterocycles. The first-order valence-electron chi connectivity index (χ1n) is 6.62. The summed E-state index contributed by atoms with van der Waals surface area (Å²) in [5, 5.41) is 0. The van der Waals surface area contributed by atoms with Crippen molar-refractivity contribution < 1.29 is 9.13 Å². The molecule has 0 amide bonds. The molecule has 0 saturated carbocycles. The summed E-state index contributed by atoms with van der Waals surface area (Å²) < 4.78 is 19.9. The van der Waals surface area contributed by atoms with E-state index in [0.29, 0.717) is 17.0 Å². The van der Waals surface area contributed by atoms with Gasteiger partial charge in [0.05, 0.1) is 5.69 Å². The lowest BCUT2D eigenvalue weighted by atomic mass is 10.0. The molecule has 0 aliphatic rings. The van der Waals surface area contributed by atoms with Crippen LogP contribution in [0, 0.1) is 5.82 Å². The first kappa shape index (κ1) is 13.2. The number of para-hydroxylation sites is 3. The number of ether oxygens (including phenoxy) is 1. The average molecular weight is 279 g/mol. The smallest absolute Gasteiger partial charge is 0.170 e. The van der Waals surface area contributed by atoms with Crippen LogP contribution in [-0.2, 0) is 0 Å². The van der Waals surface area contributed by atoms with E-state index in [1.54, 1.807) is 24.3 Å². The number of hydrogen-bond donors (Lipinski definition) is 1. The molecule has 0 atom stereocenters. The highest BCUT2D eigenvalue weighted by molar-refractivity contribution is 5.71. The van der Waals surface area contributed by atoms with E-state index in [0.717, 1.165) is 5.56 Å². The van der Waals surface area contributed by atoms with Crippen LogP contribution in [0.2, 0.25) is 0 Å². The molecule has 0 unspecified atom stereocenters. The summed E-state index contributed by atoms with van der Waals surface area (Å²) >= 11 is 0. The number of rotatable bonds is 3. The van der Waals surface area contributed by atoms with Gasteiger partial charge in [0.25, 0.3) is 0 Å². The number of halogens is 1. The molecule has 2 N–H and O–H groups in total. The Balaban J connectivity index is 2.08. The highest BCUT2D eigenvalue weighted by Crippen LogP contribution is 2.37. The fourth-order valence-corrected chi connectivity index (χ4v) is 2.14. The third-order valence-electron chi connectivity index (χ3n) is 3.18. The summed E-state index contributed by atoms with van der Waals surface area (Å²) in [4.78, 5) is 0. The van der Waals surface area contributed by atoms with Gasteiger partial charge in [-0.15, -0.1) is 0 Å². The zero-order chi connectivity index (χ0) is 14.7. The molecule has 0 spiro atoms. The van der Waals surface area contributed by atoms with Crippen LogP contribution < -0.4 is 10.5 Å². The van der Waals surface area contributed by atoms with Crippen LogP contribution in [-0.4, -0.2) is 0 Å². The van der Waals surface area contributed by atoms with Crippen LogP contribution in [0.1, 0.15) is 0 Å². The van der Waals surface area contributed by atoms with Crippen LogP contribution in [0.25, 0.3) is 11.1 Å². The number of benzene rings is 3. The lowest BCUT2D eigenvalue weighted by Gasteiger charge is -2.13. The van der Waals surface area contributed by atoms with E-state index >= 15 is 0 Å². The van der Waals surface area contributed by atoms with Gasteiger partial charge in [-0.2, -0.15) is 0 Å². The van der Waals surface area contributed by atoms with Crippen molar-refractivity contribution in [3.05, 3.63) is 78.6 Å². The van der Waals surface area contributed by atoms with Gasteiger partial charge < -0.3 is 10.5 Å². The molecule has 0 aliphatic heterocycles. The van der Waals surface area contributed by atoms with Gasteiger partial charge in [0.1, 0.15) is 5.75 Å². The fourth-order valence-electron chi connectivity index (χ4n) is 2.14. The van der Waals surface area contributed by atoms with Gasteiger partial charge in [-0.1, -0.05) is 54.6 Å². The number of nitrogens with two attached hydrogens (primary N) is 1. The Bertz CT molecular complexity index is 756. The molecule has 0 heterocycles. The Kier molecular flexibility index (Phi) is 3.56. The lowest BCUT2D eigenvalue weighted by Crippen LogP contribution is -1.95. The van der Waals surface area contributed by atoms with Gasteiger partial charge in [0.15, 0.2) is 11.6 Å². The zero-order valence-corrected chi connectivity index (χ0v) is 11.3. The van der Waals surface area contributed by atoms with E-state index in [4.69, 9.17) is 10.5 Å². The summed E-state index contributed by atoms with van der Waals surface area (Å²) in [6.07, 6.45) is 0. The van der Waals surface area contributed by atoms with Crippen molar-refractivity contribution in [3.8, 4) is 22.6 Å². The molecule has 3 aromatic carbocycles. The molecular formula is C18H14FNO. The Morgan fingerprint density at radius 3 is 2.24 bits per heavy atom. The van der Waals surface area contributed by atoms with Crippen LogP contribution in [0.4, 0.5) is 10.1 Å². The molecule has 21 heavy (non-hydrogen) atoms. The number of hydrogen-bond acceptors (Lipinski definition) is 2. The van der Waals surface area contributed by atoms with Crippen molar-refractivity contribution in [1.29, 1.82) is 0 Å². The van der Waals surface area contributed by atoms with E-state index in [2.05, 4.69) is 0 Å². The highest BCUT2D eigenvalue weighted by Gasteiger charge is 2.13. The summed E-state index contributed by atoms with van der Waals surface area (Å²) in [7, 11) is 0. The molecule has 104 valence electrons. The molecular weight excluding hydrogens is 265 g/mol. The standard InChI is InChI=1S/C18H14FNO/c19-15-10-6-9-14(13-7-2-1-3-8-13)18(15)21-17-12-5-4-11-16(17)20/h1-12H,20H2. The largest absolute Gasteiger partial charge is 0.451 e. The maximum atomic E-state index is 14.2. The van der Waals surface area contributed by atoms with Gasteiger partial charge >= 0.3 is 0 Å². The highest BCUT2D eigenvalue weighted by atomic mass is 19.1. The molecule has 0 bridgehead atoms.